The summed E-state index contributed by atoms with van der Waals surface area (Å²) in [5.74, 6) is 0.722. The number of halogens is 1. The highest BCUT2D eigenvalue weighted by Gasteiger charge is 2.19. The molecule has 2 heterocycles. The quantitative estimate of drug-likeness (QED) is 0.526. The van der Waals surface area contributed by atoms with Crippen molar-refractivity contribution in [3.05, 3.63) is 65.3 Å². The van der Waals surface area contributed by atoms with Gasteiger partial charge in [0.15, 0.2) is 0 Å². The molecule has 0 aliphatic carbocycles. The number of rotatable bonds is 5. The molecule has 27 heavy (non-hydrogen) atoms. The van der Waals surface area contributed by atoms with Gasteiger partial charge in [0.1, 0.15) is 17.3 Å². The number of nitrogens with zero attached hydrogens (tertiary/aromatic N) is 2. The first-order valence-electron chi connectivity index (χ1n) is 9.48. The lowest BCUT2D eigenvalue weighted by molar-refractivity contribution is 0.300. The summed E-state index contributed by atoms with van der Waals surface area (Å²) in [7, 11) is 0. The van der Waals surface area contributed by atoms with E-state index in [2.05, 4.69) is 39.9 Å². The summed E-state index contributed by atoms with van der Waals surface area (Å²) >= 11 is 12.0. The molecule has 1 aliphatic rings. The van der Waals surface area contributed by atoms with Crippen molar-refractivity contribution in [2.24, 2.45) is 0 Å². The van der Waals surface area contributed by atoms with Gasteiger partial charge in [-0.05, 0) is 37.5 Å². The number of piperidine rings is 1. The summed E-state index contributed by atoms with van der Waals surface area (Å²) in [6.07, 6.45) is 5.94. The molecule has 1 saturated heterocycles. The van der Waals surface area contributed by atoms with E-state index in [-0.39, 0.29) is 0 Å². The van der Waals surface area contributed by atoms with Crippen molar-refractivity contribution in [2.75, 3.05) is 19.7 Å². The van der Waals surface area contributed by atoms with E-state index in [1.54, 1.807) is 0 Å². The maximum Gasteiger partial charge on any atom is 0.137 e. The van der Waals surface area contributed by atoms with Crippen LogP contribution in [-0.2, 0) is 6.54 Å². The molecule has 0 radical (unpaired) electrons. The third kappa shape index (κ3) is 3.97. The van der Waals surface area contributed by atoms with Crippen LogP contribution >= 0.6 is 23.8 Å². The van der Waals surface area contributed by atoms with Crippen molar-refractivity contribution in [2.45, 2.75) is 25.8 Å². The van der Waals surface area contributed by atoms with E-state index in [0.717, 1.165) is 35.9 Å². The number of benzene rings is 2. The highest BCUT2D eigenvalue weighted by molar-refractivity contribution is 7.80. The van der Waals surface area contributed by atoms with Gasteiger partial charge >= 0.3 is 0 Å². The monoisotopic (exact) mass is 398 g/mol. The van der Waals surface area contributed by atoms with Crippen molar-refractivity contribution in [1.82, 2.24) is 9.47 Å². The van der Waals surface area contributed by atoms with E-state index in [9.17, 15) is 0 Å². The Morgan fingerprint density at radius 1 is 1.00 bits per heavy atom. The third-order valence-corrected chi connectivity index (χ3v) is 5.88. The zero-order chi connectivity index (χ0) is 18.6. The van der Waals surface area contributed by atoms with Gasteiger partial charge in [-0.25, -0.2) is 0 Å². The van der Waals surface area contributed by atoms with Crippen LogP contribution in [0.1, 0.15) is 24.8 Å². The van der Waals surface area contributed by atoms with Gasteiger partial charge in [0.2, 0.25) is 0 Å². The number of thiocarbonyl (C=S) groups is 1. The lowest BCUT2D eigenvalue weighted by Crippen LogP contribution is -2.34. The zero-order valence-corrected chi connectivity index (χ0v) is 16.8. The number of likely N-dealkylation sites (tertiary alicyclic amines) is 1. The predicted octanol–water partition coefficient (Wildman–Crippen LogP) is 5.54. The van der Waals surface area contributed by atoms with Gasteiger partial charge in [0.25, 0.3) is 0 Å². The standard InChI is InChI=1S/C22H23ClN2OS/c23-19-9-3-5-11-21(19)26-15-14-25-16-18(17-8-2-4-10-20(17)25)22(27)24-12-6-1-7-13-24/h2-5,8-11,16H,1,6-7,12-15H2. The number of hydrogen-bond acceptors (Lipinski definition) is 2. The Bertz CT molecular complexity index is 946. The van der Waals surface area contributed by atoms with Crippen LogP contribution in [0.3, 0.4) is 0 Å². The lowest BCUT2D eigenvalue weighted by atomic mass is 10.1. The first-order chi connectivity index (χ1) is 13.2. The van der Waals surface area contributed by atoms with E-state index < -0.39 is 0 Å². The predicted molar refractivity (Wildman–Crippen MR) is 116 cm³/mol. The Kier molecular flexibility index (Phi) is 5.65. The normalized spacial score (nSPS) is 14.5. The Labute approximate surface area is 170 Å². The summed E-state index contributed by atoms with van der Waals surface area (Å²) in [5.41, 5.74) is 2.34. The van der Waals surface area contributed by atoms with Crippen LogP contribution in [0.4, 0.5) is 0 Å². The molecule has 1 aromatic heterocycles. The molecule has 0 amide bonds. The Morgan fingerprint density at radius 3 is 2.56 bits per heavy atom. The number of aromatic nitrogens is 1. The Hall–Kier alpha value is -2.04. The molecular formula is C22H23ClN2OS. The molecule has 4 rings (SSSR count). The third-order valence-electron chi connectivity index (χ3n) is 5.09. The van der Waals surface area contributed by atoms with Gasteiger partial charge in [0.05, 0.1) is 11.6 Å². The minimum absolute atomic E-state index is 0.554. The molecule has 140 valence electrons. The van der Waals surface area contributed by atoms with Crippen molar-refractivity contribution in [3.8, 4) is 5.75 Å². The molecule has 0 N–H and O–H groups in total. The fraction of sp³-hybridized carbons (Fsp3) is 0.318. The van der Waals surface area contributed by atoms with Crippen molar-refractivity contribution in [1.29, 1.82) is 0 Å². The Balaban J connectivity index is 1.54. The molecule has 0 spiro atoms. The second kappa shape index (κ2) is 8.32. The highest BCUT2D eigenvalue weighted by Crippen LogP contribution is 2.26. The molecule has 5 heteroatoms. The van der Waals surface area contributed by atoms with Gasteiger partial charge in [-0.3, -0.25) is 0 Å². The average molecular weight is 399 g/mol. The van der Waals surface area contributed by atoms with Crippen LogP contribution in [0.25, 0.3) is 10.9 Å². The van der Waals surface area contributed by atoms with Crippen LogP contribution in [0.5, 0.6) is 5.75 Å². The van der Waals surface area contributed by atoms with E-state index in [1.807, 2.05) is 24.3 Å². The Morgan fingerprint density at radius 2 is 1.74 bits per heavy atom. The van der Waals surface area contributed by atoms with Crippen LogP contribution in [0.15, 0.2) is 54.7 Å². The van der Waals surface area contributed by atoms with Gasteiger partial charge in [0, 0.05) is 35.8 Å². The fourth-order valence-electron chi connectivity index (χ4n) is 3.69. The summed E-state index contributed by atoms with van der Waals surface area (Å²) in [6, 6.07) is 16.0. The molecule has 0 saturated carbocycles. The lowest BCUT2D eigenvalue weighted by Gasteiger charge is -2.28. The van der Waals surface area contributed by atoms with Gasteiger partial charge in [-0.1, -0.05) is 54.2 Å². The van der Waals surface area contributed by atoms with Crippen LogP contribution in [-0.4, -0.2) is 34.2 Å². The van der Waals surface area contributed by atoms with E-state index >= 15 is 0 Å². The summed E-state index contributed by atoms with van der Waals surface area (Å²) < 4.78 is 8.11. The molecule has 1 aliphatic heterocycles. The van der Waals surface area contributed by atoms with Crippen molar-refractivity contribution >= 4 is 39.7 Å². The van der Waals surface area contributed by atoms with Gasteiger partial charge in [-0.2, -0.15) is 0 Å². The van der Waals surface area contributed by atoms with Gasteiger partial charge < -0.3 is 14.2 Å². The molecular weight excluding hydrogens is 376 g/mol. The number of para-hydroxylation sites is 2. The first-order valence-corrected chi connectivity index (χ1v) is 10.3. The van der Waals surface area contributed by atoms with Crippen LogP contribution in [0.2, 0.25) is 5.02 Å². The van der Waals surface area contributed by atoms with E-state index in [0.29, 0.717) is 11.6 Å². The van der Waals surface area contributed by atoms with Crippen LogP contribution < -0.4 is 4.74 Å². The topological polar surface area (TPSA) is 17.4 Å². The molecule has 3 nitrogen and oxygen atoms in total. The van der Waals surface area contributed by atoms with Crippen molar-refractivity contribution < 1.29 is 4.74 Å². The van der Waals surface area contributed by atoms with E-state index in [1.165, 1.54) is 30.2 Å². The minimum Gasteiger partial charge on any atom is -0.490 e. The molecule has 0 atom stereocenters. The van der Waals surface area contributed by atoms with Gasteiger partial charge in [-0.15, -0.1) is 0 Å². The minimum atomic E-state index is 0.554. The smallest absolute Gasteiger partial charge is 0.137 e. The maximum absolute atomic E-state index is 6.18. The highest BCUT2D eigenvalue weighted by atomic mass is 35.5. The largest absolute Gasteiger partial charge is 0.490 e. The molecule has 1 fully saturated rings. The first kappa shape index (κ1) is 18.3. The molecule has 3 aromatic rings. The molecule has 0 unspecified atom stereocenters. The molecule has 0 bridgehead atoms. The number of ether oxygens (including phenoxy) is 1. The van der Waals surface area contributed by atoms with E-state index in [4.69, 9.17) is 28.6 Å². The second-order valence-corrected chi connectivity index (χ2v) is 7.68. The zero-order valence-electron chi connectivity index (χ0n) is 15.2. The maximum atomic E-state index is 6.18. The summed E-state index contributed by atoms with van der Waals surface area (Å²) in [6.45, 7) is 3.43. The number of fused-ring (bicyclic) bond motifs is 1. The molecule has 2 aromatic carbocycles. The average Bonchev–Trinajstić information content (AvgIpc) is 3.08. The summed E-state index contributed by atoms with van der Waals surface area (Å²) in [5, 5.41) is 1.85. The summed E-state index contributed by atoms with van der Waals surface area (Å²) in [4.78, 5) is 3.32. The fourth-order valence-corrected chi connectivity index (χ4v) is 4.22. The SMILES string of the molecule is S=C(c1cn(CCOc2ccccc2Cl)c2ccccc12)N1CCCCC1. The number of hydrogen-bond donors (Lipinski definition) is 0. The van der Waals surface area contributed by atoms with Crippen LogP contribution in [0, 0.1) is 0 Å². The van der Waals surface area contributed by atoms with Crippen molar-refractivity contribution in [3.63, 3.8) is 0 Å². The second-order valence-electron chi connectivity index (χ2n) is 6.89.